The normalized spacial score (nSPS) is 20.0. The van der Waals surface area contributed by atoms with E-state index in [-0.39, 0.29) is 0 Å². The fraction of sp³-hybridized carbons (Fsp3) is 0.417. The van der Waals surface area contributed by atoms with Gasteiger partial charge in [-0.25, -0.2) is 5.01 Å². The largest absolute Gasteiger partial charge is 0.319 e. The fourth-order valence-electron chi connectivity index (χ4n) is 1.78. The molecule has 0 spiro atoms. The van der Waals surface area contributed by atoms with Gasteiger partial charge in [-0.3, -0.25) is 0 Å². The van der Waals surface area contributed by atoms with E-state index in [9.17, 15) is 0 Å². The lowest BCUT2D eigenvalue weighted by molar-refractivity contribution is 0.255. The number of halogens is 1. The summed E-state index contributed by atoms with van der Waals surface area (Å²) >= 11 is 6.11. The van der Waals surface area contributed by atoms with Gasteiger partial charge < -0.3 is 5.43 Å². The molecule has 1 aliphatic heterocycles. The molecule has 0 bridgehead atoms. The van der Waals surface area contributed by atoms with Crippen LogP contribution in [0.3, 0.4) is 0 Å². The zero-order valence-electron chi connectivity index (χ0n) is 8.99. The summed E-state index contributed by atoms with van der Waals surface area (Å²) in [7, 11) is 0. The smallest absolute Gasteiger partial charge is 0.133 e. The number of hydrogen-bond donors (Lipinski definition) is 1. The number of piperidine rings is 1. The van der Waals surface area contributed by atoms with Gasteiger partial charge >= 0.3 is 0 Å². The number of nitrogens with zero attached hydrogens (tertiary/aromatic N) is 2. The van der Waals surface area contributed by atoms with E-state index < -0.39 is 4.87 Å². The summed E-state index contributed by atoms with van der Waals surface area (Å²) in [4.78, 5) is -0.658. The molecule has 1 heterocycles. The Hall–Kier alpha value is -1.24. The molecule has 0 saturated carbocycles. The standard InChI is InChI=1S/C12H14ClN3/c13-12(10-14)6-8-16(9-7-12)15-11-4-2-1-3-5-11/h1-5,15H,6-9H2. The zero-order chi connectivity index (χ0) is 11.4. The lowest BCUT2D eigenvalue weighted by atomic mass is 9.98. The van der Waals surface area contributed by atoms with Crippen LogP contribution in [0.15, 0.2) is 30.3 Å². The molecular formula is C12H14ClN3. The Morgan fingerprint density at radius 3 is 2.44 bits per heavy atom. The average molecular weight is 236 g/mol. The van der Waals surface area contributed by atoms with Crippen molar-refractivity contribution in [3.63, 3.8) is 0 Å². The van der Waals surface area contributed by atoms with Gasteiger partial charge in [-0.05, 0) is 25.0 Å². The molecule has 84 valence electrons. The summed E-state index contributed by atoms with van der Waals surface area (Å²) in [6.07, 6.45) is 1.40. The number of hydrazine groups is 1. The molecule has 0 atom stereocenters. The Balaban J connectivity index is 1.89. The van der Waals surface area contributed by atoms with E-state index >= 15 is 0 Å². The van der Waals surface area contributed by atoms with Gasteiger partial charge in [-0.2, -0.15) is 5.26 Å². The second-order valence-electron chi connectivity index (χ2n) is 4.04. The first-order valence-corrected chi connectivity index (χ1v) is 5.76. The number of rotatable bonds is 2. The summed E-state index contributed by atoms with van der Waals surface area (Å²) in [5, 5.41) is 11.0. The topological polar surface area (TPSA) is 39.1 Å². The highest BCUT2D eigenvalue weighted by atomic mass is 35.5. The third-order valence-corrected chi connectivity index (χ3v) is 3.28. The van der Waals surface area contributed by atoms with Gasteiger partial charge in [-0.1, -0.05) is 18.2 Å². The van der Waals surface area contributed by atoms with Crippen molar-refractivity contribution in [3.8, 4) is 6.07 Å². The minimum Gasteiger partial charge on any atom is -0.319 e. The fourth-order valence-corrected chi connectivity index (χ4v) is 1.95. The molecule has 0 radical (unpaired) electrons. The van der Waals surface area contributed by atoms with Crippen molar-refractivity contribution in [1.82, 2.24) is 5.01 Å². The van der Waals surface area contributed by atoms with Crippen molar-refractivity contribution < 1.29 is 0 Å². The predicted octanol–water partition coefficient (Wildman–Crippen LogP) is 2.61. The van der Waals surface area contributed by atoms with Crippen LogP contribution in [0.4, 0.5) is 5.69 Å². The second-order valence-corrected chi connectivity index (χ2v) is 4.77. The highest BCUT2D eigenvalue weighted by Gasteiger charge is 2.32. The van der Waals surface area contributed by atoms with Crippen LogP contribution in [-0.4, -0.2) is 23.0 Å². The number of alkyl halides is 1. The van der Waals surface area contributed by atoms with Crippen LogP contribution in [0.5, 0.6) is 0 Å². The molecule has 1 aromatic rings. The van der Waals surface area contributed by atoms with Crippen molar-refractivity contribution in [2.45, 2.75) is 17.7 Å². The second kappa shape index (κ2) is 4.73. The highest BCUT2D eigenvalue weighted by molar-refractivity contribution is 6.25. The molecule has 1 aliphatic rings. The first-order chi connectivity index (χ1) is 7.72. The maximum atomic E-state index is 8.91. The van der Waals surface area contributed by atoms with E-state index in [0.717, 1.165) is 18.8 Å². The monoisotopic (exact) mass is 235 g/mol. The molecule has 1 aromatic carbocycles. The Kier molecular flexibility index (Phi) is 3.33. The van der Waals surface area contributed by atoms with Crippen LogP contribution in [0.1, 0.15) is 12.8 Å². The Morgan fingerprint density at radius 1 is 1.25 bits per heavy atom. The van der Waals surface area contributed by atoms with Gasteiger partial charge in [0.15, 0.2) is 0 Å². The van der Waals surface area contributed by atoms with E-state index in [1.54, 1.807) is 0 Å². The summed E-state index contributed by atoms with van der Waals surface area (Å²) in [5.41, 5.74) is 4.38. The molecule has 1 N–H and O–H groups in total. The van der Waals surface area contributed by atoms with Gasteiger partial charge in [0.2, 0.25) is 0 Å². The lowest BCUT2D eigenvalue weighted by Crippen LogP contribution is -2.43. The van der Waals surface area contributed by atoms with E-state index in [2.05, 4.69) is 16.5 Å². The van der Waals surface area contributed by atoms with Gasteiger partial charge in [0, 0.05) is 18.8 Å². The average Bonchev–Trinajstić information content (AvgIpc) is 2.34. The number of nitrogens with one attached hydrogen (secondary N) is 1. The predicted molar refractivity (Wildman–Crippen MR) is 65.1 cm³/mol. The van der Waals surface area contributed by atoms with Crippen molar-refractivity contribution in [2.75, 3.05) is 18.5 Å². The number of hydrogen-bond acceptors (Lipinski definition) is 3. The van der Waals surface area contributed by atoms with Gasteiger partial charge in [0.1, 0.15) is 4.87 Å². The van der Waals surface area contributed by atoms with Crippen LogP contribution in [0.25, 0.3) is 0 Å². The quantitative estimate of drug-likeness (QED) is 0.801. The number of para-hydroxylation sites is 1. The Labute approximate surface area is 101 Å². The molecule has 1 fully saturated rings. The molecule has 0 amide bonds. The van der Waals surface area contributed by atoms with Crippen LogP contribution >= 0.6 is 11.6 Å². The molecule has 0 aromatic heterocycles. The van der Waals surface area contributed by atoms with Crippen LogP contribution in [-0.2, 0) is 0 Å². The van der Waals surface area contributed by atoms with Gasteiger partial charge in [-0.15, -0.1) is 11.6 Å². The third-order valence-electron chi connectivity index (χ3n) is 2.82. The Bertz CT molecular complexity index is 377. The SMILES string of the molecule is N#CC1(Cl)CCN(Nc2ccccc2)CC1. The summed E-state index contributed by atoms with van der Waals surface area (Å²) in [5.74, 6) is 0. The maximum Gasteiger partial charge on any atom is 0.133 e. The number of benzene rings is 1. The number of anilines is 1. The molecule has 16 heavy (non-hydrogen) atoms. The molecule has 1 saturated heterocycles. The third kappa shape index (κ3) is 2.66. The molecule has 4 heteroatoms. The summed E-state index contributed by atoms with van der Waals surface area (Å²) in [6.45, 7) is 1.60. The van der Waals surface area contributed by atoms with E-state index in [1.807, 2.05) is 30.3 Å². The van der Waals surface area contributed by atoms with E-state index in [4.69, 9.17) is 16.9 Å². The zero-order valence-corrected chi connectivity index (χ0v) is 9.74. The first-order valence-electron chi connectivity index (χ1n) is 5.39. The molecule has 0 unspecified atom stereocenters. The van der Waals surface area contributed by atoms with Crippen molar-refractivity contribution in [2.24, 2.45) is 0 Å². The maximum absolute atomic E-state index is 8.91. The first kappa shape index (κ1) is 11.3. The van der Waals surface area contributed by atoms with Crippen LogP contribution in [0, 0.1) is 11.3 Å². The van der Waals surface area contributed by atoms with Crippen molar-refractivity contribution in [1.29, 1.82) is 5.26 Å². The van der Waals surface area contributed by atoms with Crippen molar-refractivity contribution in [3.05, 3.63) is 30.3 Å². The minimum atomic E-state index is -0.658. The van der Waals surface area contributed by atoms with Crippen LogP contribution < -0.4 is 5.43 Å². The van der Waals surface area contributed by atoms with E-state index in [1.165, 1.54) is 0 Å². The van der Waals surface area contributed by atoms with Gasteiger partial charge in [0.25, 0.3) is 0 Å². The highest BCUT2D eigenvalue weighted by Crippen LogP contribution is 2.28. The summed E-state index contributed by atoms with van der Waals surface area (Å²) in [6, 6.07) is 12.2. The minimum absolute atomic E-state index is 0.658. The molecule has 0 aliphatic carbocycles. The van der Waals surface area contributed by atoms with Crippen molar-refractivity contribution >= 4 is 17.3 Å². The number of nitriles is 1. The molecule has 2 rings (SSSR count). The molecule has 3 nitrogen and oxygen atoms in total. The van der Waals surface area contributed by atoms with Crippen LogP contribution in [0.2, 0.25) is 0 Å². The lowest BCUT2D eigenvalue weighted by Gasteiger charge is -2.33. The van der Waals surface area contributed by atoms with Gasteiger partial charge in [0.05, 0.1) is 6.07 Å². The summed E-state index contributed by atoms with van der Waals surface area (Å²) < 4.78 is 0. The van der Waals surface area contributed by atoms with E-state index in [0.29, 0.717) is 12.8 Å². The Morgan fingerprint density at radius 2 is 1.88 bits per heavy atom. The molecular weight excluding hydrogens is 222 g/mol.